The first-order chi connectivity index (χ1) is 8.78. The number of rotatable bonds is 6. The highest BCUT2D eigenvalue weighted by atomic mass is 32.2. The zero-order valence-corrected chi connectivity index (χ0v) is 12.2. The van der Waals surface area contributed by atoms with Crippen LogP contribution in [0.2, 0.25) is 0 Å². The molecule has 1 aromatic carbocycles. The summed E-state index contributed by atoms with van der Waals surface area (Å²) in [5.41, 5.74) is -3.21. The van der Waals surface area contributed by atoms with E-state index in [0.717, 1.165) is 12.1 Å². The third-order valence-electron chi connectivity index (χ3n) is 3.09. The number of benzene rings is 1. The smallest absolute Gasteiger partial charge is 0.312 e. The van der Waals surface area contributed by atoms with Crippen LogP contribution in [0.25, 0.3) is 0 Å². The van der Waals surface area contributed by atoms with Crippen LogP contribution in [0.5, 0.6) is 0 Å². The summed E-state index contributed by atoms with van der Waals surface area (Å²) in [5.74, 6) is 1.21. The lowest BCUT2D eigenvalue weighted by atomic mass is 9.98. The summed E-state index contributed by atoms with van der Waals surface area (Å²) in [6.07, 6.45) is 0. The van der Waals surface area contributed by atoms with E-state index >= 15 is 0 Å². The van der Waals surface area contributed by atoms with Gasteiger partial charge in [0.2, 0.25) is 0 Å². The van der Waals surface area contributed by atoms with Crippen LogP contribution in [0.3, 0.4) is 0 Å². The van der Waals surface area contributed by atoms with Crippen molar-refractivity contribution >= 4 is 11.8 Å². The van der Waals surface area contributed by atoms with E-state index < -0.39 is 5.51 Å². The zero-order valence-electron chi connectivity index (χ0n) is 11.4. The fourth-order valence-electron chi connectivity index (χ4n) is 1.49. The second kappa shape index (κ2) is 7.20. The van der Waals surface area contributed by atoms with Gasteiger partial charge in [0.25, 0.3) is 0 Å². The average molecular weight is 291 g/mol. The van der Waals surface area contributed by atoms with Gasteiger partial charge in [-0.2, -0.15) is 13.2 Å². The molecule has 0 saturated heterocycles. The van der Waals surface area contributed by atoms with Crippen LogP contribution < -0.4 is 5.32 Å². The highest BCUT2D eigenvalue weighted by Gasteiger charge is 2.28. The van der Waals surface area contributed by atoms with Crippen molar-refractivity contribution in [3.05, 3.63) is 29.8 Å². The molecular weight excluding hydrogens is 271 g/mol. The molecule has 0 amide bonds. The molecule has 108 valence electrons. The molecule has 5 heteroatoms. The Morgan fingerprint density at radius 3 is 2.16 bits per heavy atom. The van der Waals surface area contributed by atoms with Crippen molar-refractivity contribution in [2.75, 3.05) is 6.54 Å². The number of hydrogen-bond acceptors (Lipinski definition) is 2. The normalized spacial score (nSPS) is 13.8. The summed E-state index contributed by atoms with van der Waals surface area (Å²) in [6, 6.07) is 6.50. The van der Waals surface area contributed by atoms with E-state index in [-0.39, 0.29) is 16.7 Å². The van der Waals surface area contributed by atoms with Gasteiger partial charge in [0.05, 0.1) is 0 Å². The molecular formula is C14H20F3NS. The molecule has 0 heterocycles. The van der Waals surface area contributed by atoms with Gasteiger partial charge in [0.15, 0.2) is 0 Å². The number of hydrogen-bond donors (Lipinski definition) is 1. The highest BCUT2D eigenvalue weighted by molar-refractivity contribution is 8.00. The van der Waals surface area contributed by atoms with Gasteiger partial charge in [0, 0.05) is 11.4 Å². The van der Waals surface area contributed by atoms with E-state index in [1.165, 1.54) is 12.1 Å². The van der Waals surface area contributed by atoms with E-state index in [2.05, 4.69) is 26.1 Å². The number of thioether (sulfide) groups is 1. The maximum Gasteiger partial charge on any atom is 0.446 e. The number of halogens is 3. The van der Waals surface area contributed by atoms with Crippen LogP contribution in [0.15, 0.2) is 29.2 Å². The van der Waals surface area contributed by atoms with Crippen LogP contribution in [-0.4, -0.2) is 12.1 Å². The Balaban J connectivity index is 2.40. The minimum Gasteiger partial charge on any atom is -0.312 e. The SMILES string of the molecule is CC(C)C(C)CNCc1ccc(SC(F)(F)F)cc1. The Bertz CT molecular complexity index is 373. The van der Waals surface area contributed by atoms with Crippen LogP contribution in [0.4, 0.5) is 13.2 Å². The molecule has 0 aliphatic rings. The zero-order chi connectivity index (χ0) is 14.5. The Hall–Kier alpha value is -0.680. The molecule has 0 bridgehead atoms. The topological polar surface area (TPSA) is 12.0 Å². The highest BCUT2D eigenvalue weighted by Crippen LogP contribution is 2.36. The maximum absolute atomic E-state index is 12.2. The Labute approximate surface area is 117 Å². The monoisotopic (exact) mass is 291 g/mol. The average Bonchev–Trinajstić information content (AvgIpc) is 2.29. The van der Waals surface area contributed by atoms with Crippen molar-refractivity contribution < 1.29 is 13.2 Å². The van der Waals surface area contributed by atoms with Crippen molar-refractivity contribution in [2.45, 2.75) is 37.7 Å². The fraction of sp³-hybridized carbons (Fsp3) is 0.571. The molecule has 0 aromatic heterocycles. The van der Waals surface area contributed by atoms with Crippen molar-refractivity contribution in [2.24, 2.45) is 11.8 Å². The lowest BCUT2D eigenvalue weighted by Crippen LogP contribution is -2.23. The second-order valence-corrected chi connectivity index (χ2v) is 6.18. The standard InChI is InChI=1S/C14H20F3NS/c1-10(2)11(3)8-18-9-12-4-6-13(7-5-12)19-14(15,16)17/h4-7,10-11,18H,8-9H2,1-3H3. The molecule has 1 aromatic rings. The molecule has 19 heavy (non-hydrogen) atoms. The van der Waals surface area contributed by atoms with Gasteiger partial charge in [-0.1, -0.05) is 32.9 Å². The van der Waals surface area contributed by atoms with Crippen molar-refractivity contribution in [1.29, 1.82) is 0 Å². The summed E-state index contributed by atoms with van der Waals surface area (Å²) in [4.78, 5) is 0.229. The van der Waals surface area contributed by atoms with Gasteiger partial charge >= 0.3 is 5.51 Å². The van der Waals surface area contributed by atoms with Crippen LogP contribution in [-0.2, 0) is 6.54 Å². The van der Waals surface area contributed by atoms with Crippen LogP contribution in [0, 0.1) is 11.8 Å². The number of alkyl halides is 3. The van der Waals surface area contributed by atoms with Crippen molar-refractivity contribution in [1.82, 2.24) is 5.32 Å². The van der Waals surface area contributed by atoms with Crippen LogP contribution in [0.1, 0.15) is 26.3 Å². The maximum atomic E-state index is 12.2. The summed E-state index contributed by atoms with van der Waals surface area (Å²) in [6.45, 7) is 8.14. The molecule has 0 fully saturated rings. The minimum atomic E-state index is -4.22. The summed E-state index contributed by atoms with van der Waals surface area (Å²) < 4.78 is 36.5. The lowest BCUT2D eigenvalue weighted by Gasteiger charge is -2.16. The first kappa shape index (κ1) is 16.4. The van der Waals surface area contributed by atoms with Gasteiger partial charge < -0.3 is 5.32 Å². The van der Waals surface area contributed by atoms with Crippen LogP contribution >= 0.6 is 11.8 Å². The molecule has 0 spiro atoms. The summed E-state index contributed by atoms with van der Waals surface area (Å²) >= 11 is -0.0783. The fourth-order valence-corrected chi connectivity index (χ4v) is 2.03. The third-order valence-corrected chi connectivity index (χ3v) is 3.83. The predicted molar refractivity (Wildman–Crippen MR) is 74.1 cm³/mol. The summed E-state index contributed by atoms with van der Waals surface area (Å²) in [7, 11) is 0. The first-order valence-corrected chi connectivity index (χ1v) is 7.15. The molecule has 0 saturated carbocycles. The predicted octanol–water partition coefficient (Wildman–Crippen LogP) is 4.68. The third kappa shape index (κ3) is 6.87. The van der Waals surface area contributed by atoms with E-state index in [1.807, 2.05) is 0 Å². The molecule has 0 radical (unpaired) electrons. The van der Waals surface area contributed by atoms with E-state index in [0.29, 0.717) is 18.4 Å². The summed E-state index contributed by atoms with van der Waals surface area (Å²) in [5, 5.41) is 3.32. The Morgan fingerprint density at radius 1 is 1.11 bits per heavy atom. The molecule has 1 atom stereocenters. The van der Waals surface area contributed by atoms with E-state index in [9.17, 15) is 13.2 Å². The molecule has 1 N–H and O–H groups in total. The quantitative estimate of drug-likeness (QED) is 0.764. The largest absolute Gasteiger partial charge is 0.446 e. The van der Waals surface area contributed by atoms with Gasteiger partial charge in [-0.15, -0.1) is 0 Å². The number of nitrogens with one attached hydrogen (secondary N) is 1. The molecule has 0 aliphatic heterocycles. The second-order valence-electron chi connectivity index (χ2n) is 5.04. The van der Waals surface area contributed by atoms with Gasteiger partial charge in [-0.05, 0) is 47.8 Å². The minimum absolute atomic E-state index is 0.0783. The molecule has 1 rings (SSSR count). The Morgan fingerprint density at radius 2 is 1.68 bits per heavy atom. The molecule has 1 nitrogen and oxygen atoms in total. The van der Waals surface area contributed by atoms with Gasteiger partial charge in [-0.25, -0.2) is 0 Å². The van der Waals surface area contributed by atoms with Crippen molar-refractivity contribution in [3.8, 4) is 0 Å². The first-order valence-electron chi connectivity index (χ1n) is 6.33. The van der Waals surface area contributed by atoms with E-state index in [4.69, 9.17) is 0 Å². The lowest BCUT2D eigenvalue weighted by molar-refractivity contribution is -0.0328. The van der Waals surface area contributed by atoms with Gasteiger partial charge in [-0.3, -0.25) is 0 Å². The van der Waals surface area contributed by atoms with Gasteiger partial charge in [0.1, 0.15) is 0 Å². The van der Waals surface area contributed by atoms with E-state index in [1.54, 1.807) is 12.1 Å². The van der Waals surface area contributed by atoms with Crippen molar-refractivity contribution in [3.63, 3.8) is 0 Å². The molecule has 1 unspecified atom stereocenters. The molecule has 0 aliphatic carbocycles. The Kier molecular flexibility index (Phi) is 6.20.